The molecule has 2 aromatic carbocycles. The molecule has 1 aliphatic heterocycles. The number of hydrogen-bond donors (Lipinski definition) is 2. The maximum Gasteiger partial charge on any atom is 0.163 e. The van der Waals surface area contributed by atoms with Gasteiger partial charge < -0.3 is 15.6 Å². The first-order chi connectivity index (χ1) is 16.1. The van der Waals surface area contributed by atoms with E-state index in [9.17, 15) is 9.90 Å². The molecule has 5 rings (SSSR count). The van der Waals surface area contributed by atoms with Gasteiger partial charge in [-0.1, -0.05) is 54.1 Å². The van der Waals surface area contributed by atoms with Crippen molar-refractivity contribution in [2.24, 2.45) is 5.73 Å². The monoisotopic (exact) mass is 454 g/mol. The number of fused-ring (bicyclic) bond motifs is 2. The highest BCUT2D eigenvalue weighted by molar-refractivity contribution is 5.97. The highest BCUT2D eigenvalue weighted by Gasteiger charge is 2.38. The number of aryl methyl sites for hydroxylation is 1. The van der Waals surface area contributed by atoms with Crippen molar-refractivity contribution in [2.75, 3.05) is 6.61 Å². The Hall–Kier alpha value is -3.28. The van der Waals surface area contributed by atoms with E-state index in [0.717, 1.165) is 28.7 Å². The summed E-state index contributed by atoms with van der Waals surface area (Å²) in [5, 5.41) is 11.4. The maximum absolute atomic E-state index is 12.9. The molecule has 0 saturated heterocycles. The van der Waals surface area contributed by atoms with Crippen LogP contribution in [-0.2, 0) is 17.6 Å². The lowest BCUT2D eigenvalue weighted by molar-refractivity contribution is 0.0396. The van der Waals surface area contributed by atoms with Gasteiger partial charge in [0.25, 0.3) is 0 Å². The molecule has 0 radical (unpaired) electrons. The number of hydrogen-bond acceptors (Lipinski definition) is 5. The van der Waals surface area contributed by atoms with Crippen LogP contribution in [0.3, 0.4) is 0 Å². The lowest BCUT2D eigenvalue weighted by Crippen LogP contribution is -2.35. The van der Waals surface area contributed by atoms with Crippen molar-refractivity contribution >= 4 is 11.9 Å². The molecule has 0 spiro atoms. The normalized spacial score (nSPS) is 19.9. The predicted octanol–water partition coefficient (Wildman–Crippen LogP) is 5.06. The van der Waals surface area contributed by atoms with Gasteiger partial charge in [-0.3, -0.25) is 4.79 Å². The fourth-order valence-corrected chi connectivity index (χ4v) is 4.64. The molecule has 5 heteroatoms. The predicted molar refractivity (Wildman–Crippen MR) is 134 cm³/mol. The van der Waals surface area contributed by atoms with E-state index in [4.69, 9.17) is 15.5 Å². The largest absolute Gasteiger partial charge is 0.489 e. The number of ketones is 1. The van der Waals surface area contributed by atoms with E-state index >= 15 is 0 Å². The maximum atomic E-state index is 12.9. The van der Waals surface area contributed by atoms with Gasteiger partial charge in [0.15, 0.2) is 11.5 Å². The minimum Gasteiger partial charge on any atom is -0.489 e. The van der Waals surface area contributed by atoms with Gasteiger partial charge >= 0.3 is 0 Å². The van der Waals surface area contributed by atoms with Gasteiger partial charge in [0.2, 0.25) is 0 Å². The number of aliphatic hydroxyl groups is 1. The molecule has 2 unspecified atom stereocenters. The number of allylic oxidation sites excluding steroid dienone is 1. The Balaban J connectivity index is 1.45. The lowest BCUT2D eigenvalue weighted by atomic mass is 9.87. The van der Waals surface area contributed by atoms with Crippen LogP contribution in [0.5, 0.6) is 5.75 Å². The van der Waals surface area contributed by atoms with Crippen LogP contribution in [0.25, 0.3) is 17.3 Å². The minimum absolute atomic E-state index is 0.00953. The zero-order valence-corrected chi connectivity index (χ0v) is 19.9. The van der Waals surface area contributed by atoms with Crippen LogP contribution < -0.4 is 10.5 Å². The van der Waals surface area contributed by atoms with Gasteiger partial charge in [0, 0.05) is 23.1 Å². The number of benzene rings is 2. The molecule has 2 aliphatic rings. The van der Waals surface area contributed by atoms with Gasteiger partial charge in [-0.05, 0) is 56.9 Å². The van der Waals surface area contributed by atoms with Crippen LogP contribution in [0, 0.1) is 6.92 Å². The molecular weight excluding hydrogens is 424 g/mol. The molecule has 1 aromatic heterocycles. The van der Waals surface area contributed by atoms with Crippen molar-refractivity contribution in [1.82, 2.24) is 4.98 Å². The number of rotatable bonds is 6. The van der Waals surface area contributed by atoms with Crippen LogP contribution in [0.15, 0.2) is 54.6 Å². The first-order valence-corrected chi connectivity index (χ1v) is 11.7. The zero-order valence-electron chi connectivity index (χ0n) is 19.9. The summed E-state index contributed by atoms with van der Waals surface area (Å²) in [5.41, 5.74) is 11.6. The molecule has 3 N–H and O–H groups in total. The molecule has 3 aromatic rings. The van der Waals surface area contributed by atoms with E-state index in [1.165, 1.54) is 5.56 Å². The molecule has 0 fully saturated rings. The standard InChI is InChI=1S/C29H30N2O3/c1-18-7-9-20(10-8-18)26-27-23(28(2,30)17-34-27)16-25(31-26)29(3,33)14-13-24(32)22-12-11-19-5-4-6-21(19)15-22/h4,6-12,15-16,33H,5,13-14,17,30H2,1-3H3. The summed E-state index contributed by atoms with van der Waals surface area (Å²) in [5.74, 6) is 0.672. The smallest absolute Gasteiger partial charge is 0.163 e. The molecule has 0 bridgehead atoms. The van der Waals surface area contributed by atoms with E-state index in [0.29, 0.717) is 29.3 Å². The van der Waals surface area contributed by atoms with Crippen molar-refractivity contribution in [1.29, 1.82) is 0 Å². The summed E-state index contributed by atoms with van der Waals surface area (Å²) in [6, 6.07) is 15.7. The summed E-state index contributed by atoms with van der Waals surface area (Å²) in [7, 11) is 0. The highest BCUT2D eigenvalue weighted by atomic mass is 16.5. The summed E-state index contributed by atoms with van der Waals surface area (Å²) in [4.78, 5) is 17.8. The van der Waals surface area contributed by atoms with Crippen LogP contribution in [0.2, 0.25) is 0 Å². The molecule has 0 amide bonds. The van der Waals surface area contributed by atoms with Gasteiger partial charge in [-0.25, -0.2) is 4.98 Å². The van der Waals surface area contributed by atoms with E-state index in [-0.39, 0.29) is 18.6 Å². The Kier molecular flexibility index (Phi) is 5.42. The van der Waals surface area contributed by atoms with Crippen LogP contribution in [0.1, 0.15) is 65.0 Å². The van der Waals surface area contributed by atoms with Gasteiger partial charge in [0.05, 0.1) is 11.2 Å². The second-order valence-electron chi connectivity index (χ2n) is 10.0. The number of carbonyl (C=O) groups excluding carboxylic acids is 1. The number of nitrogens with two attached hydrogens (primary N) is 1. The molecular formula is C29H30N2O3. The van der Waals surface area contributed by atoms with Gasteiger partial charge in [-0.15, -0.1) is 0 Å². The Morgan fingerprint density at radius 1 is 1.21 bits per heavy atom. The van der Waals surface area contributed by atoms with E-state index < -0.39 is 11.1 Å². The van der Waals surface area contributed by atoms with Crippen molar-refractivity contribution < 1.29 is 14.6 Å². The Morgan fingerprint density at radius 3 is 2.74 bits per heavy atom. The zero-order chi connectivity index (χ0) is 24.1. The third-order valence-electron chi connectivity index (χ3n) is 6.92. The van der Waals surface area contributed by atoms with E-state index in [1.54, 1.807) is 6.92 Å². The second-order valence-corrected chi connectivity index (χ2v) is 10.0. The Morgan fingerprint density at radius 2 is 1.97 bits per heavy atom. The lowest BCUT2D eigenvalue weighted by Gasteiger charge is -2.25. The molecule has 0 saturated carbocycles. The fourth-order valence-electron chi connectivity index (χ4n) is 4.64. The third kappa shape index (κ3) is 4.06. The first kappa shape index (κ1) is 22.5. The second kappa shape index (κ2) is 8.19. The average molecular weight is 455 g/mol. The SMILES string of the molecule is Cc1ccc(-c2nc(C(C)(O)CCC(=O)c3ccc4c(c3)C=CC4)cc3c2OCC3(C)N)cc1. The van der Waals surface area contributed by atoms with Gasteiger partial charge in [0.1, 0.15) is 17.9 Å². The van der Waals surface area contributed by atoms with E-state index in [1.807, 2.05) is 62.4 Å². The number of ether oxygens (including phenoxy) is 1. The summed E-state index contributed by atoms with van der Waals surface area (Å²) >= 11 is 0. The number of pyridine rings is 1. The van der Waals surface area contributed by atoms with Crippen molar-refractivity contribution in [3.63, 3.8) is 0 Å². The van der Waals surface area contributed by atoms with Gasteiger partial charge in [-0.2, -0.15) is 0 Å². The fraction of sp³-hybridized carbons (Fsp3) is 0.310. The third-order valence-corrected chi connectivity index (χ3v) is 6.92. The van der Waals surface area contributed by atoms with Crippen LogP contribution in [-0.4, -0.2) is 22.5 Å². The van der Waals surface area contributed by atoms with Crippen LogP contribution in [0.4, 0.5) is 0 Å². The van der Waals surface area contributed by atoms with E-state index in [2.05, 4.69) is 12.2 Å². The molecule has 34 heavy (non-hydrogen) atoms. The van der Waals surface area contributed by atoms with Crippen LogP contribution >= 0.6 is 0 Å². The highest BCUT2D eigenvalue weighted by Crippen LogP contribution is 2.44. The number of aromatic nitrogens is 1. The molecule has 5 nitrogen and oxygen atoms in total. The summed E-state index contributed by atoms with van der Waals surface area (Å²) in [6.07, 6.45) is 5.53. The quantitative estimate of drug-likeness (QED) is 0.508. The molecule has 2 heterocycles. The Bertz CT molecular complexity index is 1300. The first-order valence-electron chi connectivity index (χ1n) is 11.7. The average Bonchev–Trinajstić information content (AvgIpc) is 3.41. The molecule has 2 atom stereocenters. The van der Waals surface area contributed by atoms with Crippen molar-refractivity contribution in [3.8, 4) is 17.0 Å². The summed E-state index contributed by atoms with van der Waals surface area (Å²) in [6.45, 7) is 6.01. The number of carbonyl (C=O) groups is 1. The number of Topliss-reactive ketones (excluding diaryl/α,β-unsaturated/α-hetero) is 1. The Labute approximate surface area is 200 Å². The number of nitrogens with zero attached hydrogens (tertiary/aromatic N) is 1. The van der Waals surface area contributed by atoms with Crippen molar-refractivity contribution in [3.05, 3.63) is 88.1 Å². The molecule has 174 valence electrons. The molecule has 1 aliphatic carbocycles. The summed E-state index contributed by atoms with van der Waals surface area (Å²) < 4.78 is 5.96. The topological polar surface area (TPSA) is 85.4 Å². The van der Waals surface area contributed by atoms with Crippen molar-refractivity contribution in [2.45, 2.75) is 51.2 Å². The minimum atomic E-state index is -1.31.